The molecule has 2 aromatic carbocycles. The normalized spacial score (nSPS) is 12.4. The second-order valence-electron chi connectivity index (χ2n) is 4.61. The molecule has 0 radical (unpaired) electrons. The lowest BCUT2D eigenvalue weighted by Crippen LogP contribution is -2.23. The van der Waals surface area contributed by atoms with Gasteiger partial charge in [0.25, 0.3) is 0 Å². The predicted octanol–water partition coefficient (Wildman–Crippen LogP) is 5.33. The van der Waals surface area contributed by atoms with Gasteiger partial charge < -0.3 is 5.32 Å². The van der Waals surface area contributed by atoms with Crippen LogP contribution < -0.4 is 5.32 Å². The van der Waals surface area contributed by atoms with Gasteiger partial charge in [0, 0.05) is 9.50 Å². The fourth-order valence-electron chi connectivity index (χ4n) is 2.12. The van der Waals surface area contributed by atoms with Crippen LogP contribution in [0.25, 0.3) is 0 Å². The van der Waals surface area contributed by atoms with Gasteiger partial charge in [-0.05, 0) is 54.4 Å². The average molecular weight is 357 g/mol. The summed E-state index contributed by atoms with van der Waals surface area (Å²) in [5.74, 6) is -0.275. The Morgan fingerprint density at radius 3 is 2.75 bits per heavy atom. The van der Waals surface area contributed by atoms with Crippen molar-refractivity contribution in [2.75, 3.05) is 6.54 Å². The summed E-state index contributed by atoms with van der Waals surface area (Å²) in [6, 6.07) is 12.3. The van der Waals surface area contributed by atoms with Crippen molar-refractivity contribution >= 4 is 27.5 Å². The fraction of sp³-hybridized carbons (Fsp3) is 0.250. The van der Waals surface area contributed by atoms with E-state index in [0.717, 1.165) is 28.6 Å². The van der Waals surface area contributed by atoms with Gasteiger partial charge >= 0.3 is 0 Å². The quantitative estimate of drug-likeness (QED) is 0.763. The Bertz CT molecular complexity index is 588. The Hall–Kier alpha value is -0.900. The number of halogens is 3. The summed E-state index contributed by atoms with van der Waals surface area (Å²) in [6.45, 7) is 2.93. The third-order valence-electron chi connectivity index (χ3n) is 3.05. The highest BCUT2D eigenvalue weighted by molar-refractivity contribution is 9.10. The van der Waals surface area contributed by atoms with Gasteiger partial charge in [-0.1, -0.05) is 46.6 Å². The third kappa shape index (κ3) is 3.81. The van der Waals surface area contributed by atoms with Crippen molar-refractivity contribution in [3.8, 4) is 0 Å². The highest BCUT2D eigenvalue weighted by atomic mass is 79.9. The zero-order valence-electron chi connectivity index (χ0n) is 11.2. The maximum Gasteiger partial charge on any atom is 0.123 e. The van der Waals surface area contributed by atoms with E-state index in [1.165, 1.54) is 12.1 Å². The summed E-state index contributed by atoms with van der Waals surface area (Å²) in [5.41, 5.74) is 1.82. The van der Waals surface area contributed by atoms with E-state index < -0.39 is 0 Å². The van der Waals surface area contributed by atoms with Gasteiger partial charge in [-0.25, -0.2) is 4.39 Å². The number of hydrogen-bond acceptors (Lipinski definition) is 1. The molecule has 0 aliphatic carbocycles. The first kappa shape index (κ1) is 15.5. The molecule has 0 heterocycles. The molecule has 0 spiro atoms. The maximum atomic E-state index is 13.5. The molecular formula is C16H16BrClFN. The smallest absolute Gasteiger partial charge is 0.123 e. The Labute approximate surface area is 132 Å². The van der Waals surface area contributed by atoms with E-state index in [2.05, 4.69) is 28.2 Å². The largest absolute Gasteiger partial charge is 0.306 e. The molecule has 0 amide bonds. The van der Waals surface area contributed by atoms with Crippen molar-refractivity contribution in [1.82, 2.24) is 5.32 Å². The Balaban J connectivity index is 2.44. The lowest BCUT2D eigenvalue weighted by atomic mass is 9.98. The van der Waals surface area contributed by atoms with Crippen molar-refractivity contribution in [2.24, 2.45) is 0 Å². The van der Waals surface area contributed by atoms with Crippen molar-refractivity contribution < 1.29 is 4.39 Å². The van der Waals surface area contributed by atoms with Crippen molar-refractivity contribution in [2.45, 2.75) is 19.4 Å². The van der Waals surface area contributed by atoms with Gasteiger partial charge in [0.15, 0.2) is 0 Å². The van der Waals surface area contributed by atoms with Gasteiger partial charge in [-0.15, -0.1) is 0 Å². The average Bonchev–Trinajstić information content (AvgIpc) is 2.43. The van der Waals surface area contributed by atoms with Crippen LogP contribution in [0.4, 0.5) is 4.39 Å². The molecule has 2 aromatic rings. The Morgan fingerprint density at radius 1 is 1.25 bits per heavy atom. The zero-order valence-corrected chi connectivity index (χ0v) is 13.5. The molecule has 106 valence electrons. The van der Waals surface area contributed by atoms with Crippen LogP contribution in [0.5, 0.6) is 0 Å². The Kier molecular flexibility index (Phi) is 5.58. The van der Waals surface area contributed by atoms with Crippen LogP contribution in [-0.2, 0) is 0 Å². The number of nitrogens with one attached hydrogen (secondary N) is 1. The fourth-order valence-corrected chi connectivity index (χ4v) is 2.76. The number of rotatable bonds is 5. The molecule has 0 fully saturated rings. The summed E-state index contributed by atoms with van der Waals surface area (Å²) in [7, 11) is 0. The van der Waals surface area contributed by atoms with E-state index in [1.54, 1.807) is 6.07 Å². The topological polar surface area (TPSA) is 12.0 Å². The van der Waals surface area contributed by atoms with E-state index in [9.17, 15) is 4.39 Å². The van der Waals surface area contributed by atoms with E-state index in [0.29, 0.717) is 5.02 Å². The second kappa shape index (κ2) is 7.21. The molecular weight excluding hydrogens is 341 g/mol. The molecule has 0 aliphatic heterocycles. The third-order valence-corrected chi connectivity index (χ3v) is 3.89. The zero-order chi connectivity index (χ0) is 14.5. The van der Waals surface area contributed by atoms with Crippen molar-refractivity contribution in [3.63, 3.8) is 0 Å². The van der Waals surface area contributed by atoms with Crippen molar-refractivity contribution in [1.29, 1.82) is 0 Å². The van der Waals surface area contributed by atoms with E-state index in [1.807, 2.05) is 24.3 Å². The minimum Gasteiger partial charge on any atom is -0.306 e. The van der Waals surface area contributed by atoms with Gasteiger partial charge in [-0.3, -0.25) is 0 Å². The Morgan fingerprint density at radius 2 is 2.05 bits per heavy atom. The standard InChI is InChI=1S/C16H16BrClFN/c1-2-8-20-16(11-4-3-5-12(17)9-11)14-10-13(19)6-7-15(14)18/h3-7,9-10,16,20H,2,8H2,1H3. The van der Waals surface area contributed by atoms with Crippen molar-refractivity contribution in [3.05, 3.63) is 68.9 Å². The molecule has 4 heteroatoms. The van der Waals surface area contributed by atoms with Gasteiger partial charge in [0.1, 0.15) is 5.82 Å². The minimum absolute atomic E-state index is 0.115. The molecule has 0 aliphatic rings. The van der Waals surface area contributed by atoms with Crippen LogP contribution in [-0.4, -0.2) is 6.54 Å². The van der Waals surface area contributed by atoms with Crippen LogP contribution in [0.1, 0.15) is 30.5 Å². The number of hydrogen-bond donors (Lipinski definition) is 1. The van der Waals surface area contributed by atoms with Gasteiger partial charge in [-0.2, -0.15) is 0 Å². The highest BCUT2D eigenvalue weighted by Crippen LogP contribution is 2.30. The van der Waals surface area contributed by atoms with E-state index >= 15 is 0 Å². The lowest BCUT2D eigenvalue weighted by molar-refractivity contribution is 0.585. The molecule has 0 bridgehead atoms. The van der Waals surface area contributed by atoms with Crippen LogP contribution in [0.2, 0.25) is 5.02 Å². The first-order valence-electron chi connectivity index (χ1n) is 6.55. The monoisotopic (exact) mass is 355 g/mol. The summed E-state index contributed by atoms with van der Waals surface area (Å²) in [6.07, 6.45) is 0.997. The van der Waals surface area contributed by atoms with E-state index in [4.69, 9.17) is 11.6 Å². The highest BCUT2D eigenvalue weighted by Gasteiger charge is 2.17. The van der Waals surface area contributed by atoms with E-state index in [-0.39, 0.29) is 11.9 Å². The molecule has 0 saturated carbocycles. The van der Waals surface area contributed by atoms with Crippen LogP contribution >= 0.6 is 27.5 Å². The predicted molar refractivity (Wildman–Crippen MR) is 85.7 cm³/mol. The molecule has 0 saturated heterocycles. The molecule has 20 heavy (non-hydrogen) atoms. The van der Waals surface area contributed by atoms with Gasteiger partial charge in [0.2, 0.25) is 0 Å². The SMILES string of the molecule is CCCNC(c1cccc(Br)c1)c1cc(F)ccc1Cl. The molecule has 1 atom stereocenters. The summed E-state index contributed by atoms with van der Waals surface area (Å²) < 4.78 is 14.5. The summed E-state index contributed by atoms with van der Waals surface area (Å²) in [5, 5.41) is 3.99. The first-order chi connectivity index (χ1) is 9.61. The minimum atomic E-state index is -0.275. The molecule has 2 rings (SSSR count). The molecule has 0 aromatic heterocycles. The molecule has 1 nitrogen and oxygen atoms in total. The van der Waals surface area contributed by atoms with Crippen LogP contribution in [0.3, 0.4) is 0 Å². The van der Waals surface area contributed by atoms with Gasteiger partial charge in [0.05, 0.1) is 6.04 Å². The summed E-state index contributed by atoms with van der Waals surface area (Å²) >= 11 is 9.71. The molecule has 1 unspecified atom stereocenters. The molecule has 1 N–H and O–H groups in total. The summed E-state index contributed by atoms with van der Waals surface area (Å²) in [4.78, 5) is 0. The lowest BCUT2D eigenvalue weighted by Gasteiger charge is -2.21. The number of benzene rings is 2. The van der Waals surface area contributed by atoms with Crippen LogP contribution in [0.15, 0.2) is 46.9 Å². The maximum absolute atomic E-state index is 13.5. The first-order valence-corrected chi connectivity index (χ1v) is 7.72. The second-order valence-corrected chi connectivity index (χ2v) is 5.93. The van der Waals surface area contributed by atoms with Crippen LogP contribution in [0, 0.1) is 5.82 Å².